The van der Waals surface area contributed by atoms with Crippen molar-refractivity contribution in [1.82, 2.24) is 0 Å². The van der Waals surface area contributed by atoms with Crippen molar-refractivity contribution in [1.29, 1.82) is 0 Å². The van der Waals surface area contributed by atoms with E-state index in [0.717, 1.165) is 0 Å². The molecule has 0 fully saturated rings. The second-order valence-corrected chi connectivity index (χ2v) is 3.58. The molecule has 1 atom stereocenters. The Bertz CT molecular complexity index is 375. The van der Waals surface area contributed by atoms with E-state index < -0.39 is 11.0 Å². The molecule has 0 heterocycles. The molecule has 82 valence electrons. The highest BCUT2D eigenvalue weighted by molar-refractivity contribution is 5.63. The molecule has 0 spiro atoms. The van der Waals surface area contributed by atoms with Crippen LogP contribution in [0, 0.1) is 10.1 Å². The van der Waals surface area contributed by atoms with Crippen molar-refractivity contribution < 1.29 is 10.0 Å². The Morgan fingerprint density at radius 2 is 2.07 bits per heavy atom. The van der Waals surface area contributed by atoms with Crippen LogP contribution in [0.4, 0.5) is 11.4 Å². The smallest absolute Gasteiger partial charge is 0.292 e. The number of hydrogen-bond donors (Lipinski definition) is 1. The fraction of sp³-hybridized carbons (Fsp3) is 0.400. The third kappa shape index (κ3) is 2.44. The highest BCUT2D eigenvalue weighted by Crippen LogP contribution is 2.29. The van der Waals surface area contributed by atoms with E-state index in [0.29, 0.717) is 11.3 Å². The maximum Gasteiger partial charge on any atom is 0.292 e. The lowest BCUT2D eigenvalue weighted by Crippen LogP contribution is -2.11. The van der Waals surface area contributed by atoms with E-state index in [1.54, 1.807) is 38.1 Å². The molecule has 0 amide bonds. The average Bonchev–Trinajstić information content (AvgIpc) is 2.16. The standard InChI is InChI=1S/C10H14N2O3/c1-7(13)8-4-5-9(11(2)3)10(6-8)12(14)15/h4-7,13H,1-3H3/t7-/m1/s1. The number of nitro groups is 1. The van der Waals surface area contributed by atoms with Crippen molar-refractivity contribution in [3.63, 3.8) is 0 Å². The van der Waals surface area contributed by atoms with Gasteiger partial charge in [-0.15, -0.1) is 0 Å². The fourth-order valence-electron chi connectivity index (χ4n) is 1.32. The topological polar surface area (TPSA) is 66.6 Å². The second-order valence-electron chi connectivity index (χ2n) is 3.58. The largest absolute Gasteiger partial charge is 0.389 e. The van der Waals surface area contributed by atoms with Gasteiger partial charge in [0.2, 0.25) is 0 Å². The minimum absolute atomic E-state index is 0.0124. The second kappa shape index (κ2) is 4.27. The van der Waals surface area contributed by atoms with Gasteiger partial charge < -0.3 is 10.0 Å². The summed E-state index contributed by atoms with van der Waals surface area (Å²) in [4.78, 5) is 12.0. The normalized spacial score (nSPS) is 12.3. The van der Waals surface area contributed by atoms with E-state index in [1.165, 1.54) is 6.07 Å². The van der Waals surface area contributed by atoms with Gasteiger partial charge in [0, 0.05) is 20.2 Å². The summed E-state index contributed by atoms with van der Waals surface area (Å²) < 4.78 is 0. The highest BCUT2D eigenvalue weighted by atomic mass is 16.6. The van der Waals surface area contributed by atoms with E-state index in [-0.39, 0.29) is 5.69 Å². The van der Waals surface area contributed by atoms with Gasteiger partial charge in [0.1, 0.15) is 5.69 Å². The molecule has 1 aromatic carbocycles. The zero-order chi connectivity index (χ0) is 11.6. The molecule has 1 N–H and O–H groups in total. The predicted octanol–water partition coefficient (Wildman–Crippen LogP) is 1.71. The molecule has 15 heavy (non-hydrogen) atoms. The molecule has 5 heteroatoms. The zero-order valence-corrected chi connectivity index (χ0v) is 8.97. The molecule has 1 aromatic rings. The molecule has 1 rings (SSSR count). The average molecular weight is 210 g/mol. The molecule has 0 bridgehead atoms. The summed E-state index contributed by atoms with van der Waals surface area (Å²) in [5.74, 6) is 0. The van der Waals surface area contributed by atoms with Crippen LogP contribution in [0.25, 0.3) is 0 Å². The molecule has 0 unspecified atom stereocenters. The zero-order valence-electron chi connectivity index (χ0n) is 8.97. The first-order chi connectivity index (χ1) is 6.93. The van der Waals surface area contributed by atoms with E-state index >= 15 is 0 Å². The summed E-state index contributed by atoms with van der Waals surface area (Å²) in [5.41, 5.74) is 1.09. The van der Waals surface area contributed by atoms with Gasteiger partial charge in [0.15, 0.2) is 0 Å². The fourth-order valence-corrected chi connectivity index (χ4v) is 1.32. The lowest BCUT2D eigenvalue weighted by atomic mass is 10.1. The number of rotatable bonds is 3. The van der Waals surface area contributed by atoms with Crippen LogP contribution in [0.1, 0.15) is 18.6 Å². The molecule has 5 nitrogen and oxygen atoms in total. The monoisotopic (exact) mass is 210 g/mol. The summed E-state index contributed by atoms with van der Waals surface area (Å²) in [6.07, 6.45) is -0.695. The van der Waals surface area contributed by atoms with Gasteiger partial charge in [-0.2, -0.15) is 0 Å². The summed E-state index contributed by atoms with van der Waals surface area (Å²) >= 11 is 0. The molecule has 0 radical (unpaired) electrons. The molecule has 0 aliphatic rings. The van der Waals surface area contributed by atoms with Gasteiger partial charge >= 0.3 is 0 Å². The van der Waals surface area contributed by atoms with Gasteiger partial charge in [-0.25, -0.2) is 0 Å². The van der Waals surface area contributed by atoms with Crippen LogP contribution in [0.3, 0.4) is 0 Å². The van der Waals surface area contributed by atoms with Crippen molar-refractivity contribution in [3.05, 3.63) is 33.9 Å². The third-order valence-corrected chi connectivity index (χ3v) is 2.16. The Hall–Kier alpha value is -1.62. The summed E-state index contributed by atoms with van der Waals surface area (Å²) in [6, 6.07) is 4.73. The Morgan fingerprint density at radius 3 is 2.47 bits per heavy atom. The van der Waals surface area contributed by atoms with Crippen LogP contribution in [0.2, 0.25) is 0 Å². The molecule has 0 aromatic heterocycles. The van der Waals surface area contributed by atoms with Crippen molar-refractivity contribution in [3.8, 4) is 0 Å². The maximum atomic E-state index is 10.8. The van der Waals surface area contributed by atoms with Gasteiger partial charge in [-0.3, -0.25) is 10.1 Å². The van der Waals surface area contributed by atoms with Crippen LogP contribution in [0.5, 0.6) is 0 Å². The Balaban J connectivity index is 3.27. The quantitative estimate of drug-likeness (QED) is 0.609. The Labute approximate surface area is 88.1 Å². The summed E-state index contributed by atoms with van der Waals surface area (Å²) in [6.45, 7) is 1.58. The van der Waals surface area contributed by atoms with E-state index in [9.17, 15) is 15.2 Å². The molecule has 0 saturated heterocycles. The lowest BCUT2D eigenvalue weighted by molar-refractivity contribution is -0.384. The third-order valence-electron chi connectivity index (χ3n) is 2.16. The number of nitro benzene ring substituents is 1. The molecule has 0 saturated carbocycles. The van der Waals surface area contributed by atoms with E-state index in [4.69, 9.17) is 0 Å². The number of aliphatic hydroxyl groups is 1. The van der Waals surface area contributed by atoms with Gasteiger partial charge in [-0.05, 0) is 18.6 Å². The number of anilines is 1. The highest BCUT2D eigenvalue weighted by Gasteiger charge is 2.17. The first-order valence-corrected chi connectivity index (χ1v) is 4.57. The number of aliphatic hydroxyl groups excluding tert-OH is 1. The van der Waals surface area contributed by atoms with Crippen LogP contribution < -0.4 is 4.90 Å². The van der Waals surface area contributed by atoms with Crippen LogP contribution in [0.15, 0.2) is 18.2 Å². The SMILES string of the molecule is C[C@@H](O)c1ccc(N(C)C)c([N+](=O)[O-])c1. The Kier molecular flexibility index (Phi) is 3.26. The summed E-state index contributed by atoms with van der Waals surface area (Å²) in [7, 11) is 3.48. The van der Waals surface area contributed by atoms with Crippen LogP contribution in [-0.2, 0) is 0 Å². The first-order valence-electron chi connectivity index (χ1n) is 4.57. The number of benzene rings is 1. The van der Waals surface area contributed by atoms with Crippen molar-refractivity contribution in [2.45, 2.75) is 13.0 Å². The van der Waals surface area contributed by atoms with Crippen LogP contribution in [-0.4, -0.2) is 24.1 Å². The van der Waals surface area contributed by atoms with Gasteiger partial charge in [-0.1, -0.05) is 6.07 Å². The maximum absolute atomic E-state index is 10.8. The summed E-state index contributed by atoms with van der Waals surface area (Å²) in [5, 5.41) is 20.1. The first kappa shape index (κ1) is 11.5. The van der Waals surface area contributed by atoms with Crippen LogP contribution >= 0.6 is 0 Å². The van der Waals surface area contributed by atoms with E-state index in [2.05, 4.69) is 0 Å². The molecule has 0 aliphatic heterocycles. The molecular weight excluding hydrogens is 196 g/mol. The van der Waals surface area contributed by atoms with Crippen molar-refractivity contribution in [2.75, 3.05) is 19.0 Å². The number of nitrogens with zero attached hydrogens (tertiary/aromatic N) is 2. The Morgan fingerprint density at radius 1 is 1.47 bits per heavy atom. The lowest BCUT2D eigenvalue weighted by Gasteiger charge is -2.14. The minimum Gasteiger partial charge on any atom is -0.389 e. The van der Waals surface area contributed by atoms with Crippen molar-refractivity contribution >= 4 is 11.4 Å². The minimum atomic E-state index is -0.695. The van der Waals surface area contributed by atoms with E-state index in [1.807, 2.05) is 0 Å². The number of hydrogen-bond acceptors (Lipinski definition) is 4. The molecule has 0 aliphatic carbocycles. The molecular formula is C10H14N2O3. The van der Waals surface area contributed by atoms with Crippen molar-refractivity contribution in [2.24, 2.45) is 0 Å². The predicted molar refractivity (Wildman–Crippen MR) is 58.1 cm³/mol. The van der Waals surface area contributed by atoms with Gasteiger partial charge in [0.05, 0.1) is 11.0 Å². The van der Waals surface area contributed by atoms with Gasteiger partial charge in [0.25, 0.3) is 5.69 Å².